The van der Waals surface area contributed by atoms with E-state index in [9.17, 15) is 0 Å². The van der Waals surface area contributed by atoms with Gasteiger partial charge in [-0.2, -0.15) is 0 Å². The van der Waals surface area contributed by atoms with Gasteiger partial charge < -0.3 is 10.2 Å². The van der Waals surface area contributed by atoms with Crippen molar-refractivity contribution in [3.05, 3.63) is 36.3 Å². The van der Waals surface area contributed by atoms with E-state index in [1.807, 2.05) is 43.8 Å². The second-order valence-corrected chi connectivity index (χ2v) is 6.39. The molecule has 0 aromatic carbocycles. The van der Waals surface area contributed by atoms with Gasteiger partial charge in [-0.1, -0.05) is 6.07 Å². The number of rotatable bonds is 5. The number of hydrogen-bond acceptors (Lipinski definition) is 6. The average Bonchev–Trinajstić information content (AvgIpc) is 3.02. The summed E-state index contributed by atoms with van der Waals surface area (Å²) in [6.45, 7) is 5.02. The van der Waals surface area contributed by atoms with Crippen LogP contribution in [-0.2, 0) is 0 Å². The third-order valence-electron chi connectivity index (χ3n) is 3.88. The lowest BCUT2D eigenvalue weighted by Gasteiger charge is -2.18. The molecule has 0 amide bonds. The topological polar surface area (TPSA) is 53.9 Å². The van der Waals surface area contributed by atoms with Crippen LogP contribution in [0.1, 0.15) is 12.1 Å². The minimum Gasteiger partial charge on any atom is -0.370 e. The summed E-state index contributed by atoms with van der Waals surface area (Å²) >= 11 is 1.63. The third kappa shape index (κ3) is 3.68. The largest absolute Gasteiger partial charge is 0.370 e. The van der Waals surface area contributed by atoms with E-state index >= 15 is 0 Å². The van der Waals surface area contributed by atoms with E-state index in [-0.39, 0.29) is 0 Å². The van der Waals surface area contributed by atoms with E-state index < -0.39 is 0 Å². The highest BCUT2D eigenvalue weighted by Gasteiger charge is 2.23. The van der Waals surface area contributed by atoms with Gasteiger partial charge in [0.15, 0.2) is 0 Å². The predicted octanol–water partition coefficient (Wildman–Crippen LogP) is 2.84. The molecule has 6 heteroatoms. The monoisotopic (exact) mass is 315 g/mol. The van der Waals surface area contributed by atoms with Crippen LogP contribution in [0.25, 0.3) is 0 Å². The minimum atomic E-state index is 0.613. The van der Waals surface area contributed by atoms with Crippen LogP contribution in [0.15, 0.2) is 35.6 Å². The zero-order chi connectivity index (χ0) is 15.4. The number of hydrogen-bond donors (Lipinski definition) is 1. The van der Waals surface area contributed by atoms with Gasteiger partial charge in [0, 0.05) is 25.3 Å². The van der Waals surface area contributed by atoms with Crippen molar-refractivity contribution in [1.82, 2.24) is 15.0 Å². The number of thioether (sulfide) groups is 1. The Labute approximate surface area is 135 Å². The fourth-order valence-electron chi connectivity index (χ4n) is 2.69. The fourth-order valence-corrected chi connectivity index (χ4v) is 3.04. The van der Waals surface area contributed by atoms with Crippen LogP contribution in [0.3, 0.4) is 0 Å². The highest BCUT2D eigenvalue weighted by molar-refractivity contribution is 7.98. The molecule has 3 rings (SSSR count). The summed E-state index contributed by atoms with van der Waals surface area (Å²) in [6, 6.07) is 6.07. The molecule has 2 aromatic rings. The van der Waals surface area contributed by atoms with Crippen molar-refractivity contribution >= 4 is 23.4 Å². The lowest BCUT2D eigenvalue weighted by molar-refractivity contribution is 0.620. The third-order valence-corrected chi connectivity index (χ3v) is 4.49. The van der Waals surface area contributed by atoms with E-state index in [0.717, 1.165) is 42.0 Å². The lowest BCUT2D eigenvalue weighted by atomic mass is 10.1. The van der Waals surface area contributed by atoms with Gasteiger partial charge in [-0.3, -0.25) is 4.98 Å². The minimum absolute atomic E-state index is 0.613. The summed E-state index contributed by atoms with van der Waals surface area (Å²) in [4.78, 5) is 15.7. The molecule has 1 N–H and O–H groups in total. The quantitative estimate of drug-likeness (QED) is 0.856. The maximum absolute atomic E-state index is 4.63. The molecule has 0 spiro atoms. The summed E-state index contributed by atoms with van der Waals surface area (Å²) in [5.74, 6) is 2.56. The SMILES string of the molecule is CSc1cncc(N2CCC(CNc3cccc(C)n3)C2)n1. The van der Waals surface area contributed by atoms with Crippen LogP contribution in [0.4, 0.5) is 11.6 Å². The Kier molecular flexibility index (Phi) is 4.77. The number of aromatic nitrogens is 3. The smallest absolute Gasteiger partial charge is 0.148 e. The van der Waals surface area contributed by atoms with Crippen LogP contribution in [0.2, 0.25) is 0 Å². The van der Waals surface area contributed by atoms with Gasteiger partial charge in [-0.15, -0.1) is 11.8 Å². The van der Waals surface area contributed by atoms with E-state index in [2.05, 4.69) is 25.2 Å². The Bertz CT molecular complexity index is 633. The van der Waals surface area contributed by atoms with Gasteiger partial charge in [0.2, 0.25) is 0 Å². The van der Waals surface area contributed by atoms with Crippen LogP contribution in [-0.4, -0.2) is 40.8 Å². The molecule has 2 aromatic heterocycles. The molecule has 0 aliphatic carbocycles. The van der Waals surface area contributed by atoms with Crippen molar-refractivity contribution < 1.29 is 0 Å². The number of nitrogens with zero attached hydrogens (tertiary/aromatic N) is 4. The van der Waals surface area contributed by atoms with Crippen molar-refractivity contribution in [2.75, 3.05) is 36.1 Å². The maximum Gasteiger partial charge on any atom is 0.148 e. The van der Waals surface area contributed by atoms with E-state index in [4.69, 9.17) is 0 Å². The molecule has 0 saturated carbocycles. The Balaban J connectivity index is 1.55. The Morgan fingerprint density at radius 3 is 3.05 bits per heavy atom. The number of nitrogens with one attached hydrogen (secondary N) is 1. The second-order valence-electron chi connectivity index (χ2n) is 5.57. The highest BCUT2D eigenvalue weighted by Crippen LogP contribution is 2.23. The summed E-state index contributed by atoms with van der Waals surface area (Å²) < 4.78 is 0. The van der Waals surface area contributed by atoms with E-state index in [0.29, 0.717) is 5.92 Å². The number of aryl methyl sites for hydroxylation is 1. The average molecular weight is 315 g/mol. The van der Waals surface area contributed by atoms with Crippen molar-refractivity contribution in [1.29, 1.82) is 0 Å². The molecule has 116 valence electrons. The predicted molar refractivity (Wildman–Crippen MR) is 91.6 cm³/mol. The van der Waals surface area contributed by atoms with Gasteiger partial charge >= 0.3 is 0 Å². The molecular weight excluding hydrogens is 294 g/mol. The maximum atomic E-state index is 4.63. The van der Waals surface area contributed by atoms with Gasteiger partial charge in [0.05, 0.1) is 12.4 Å². The van der Waals surface area contributed by atoms with Crippen LogP contribution in [0, 0.1) is 12.8 Å². The first-order valence-electron chi connectivity index (χ1n) is 7.53. The first-order chi connectivity index (χ1) is 10.7. The van der Waals surface area contributed by atoms with Crippen LogP contribution >= 0.6 is 11.8 Å². The first-order valence-corrected chi connectivity index (χ1v) is 8.75. The Hall–Kier alpha value is -1.82. The molecule has 3 heterocycles. The zero-order valence-corrected chi connectivity index (χ0v) is 13.8. The lowest BCUT2D eigenvalue weighted by Crippen LogP contribution is -2.23. The normalized spacial score (nSPS) is 17.7. The molecule has 1 aliphatic heterocycles. The standard InChI is InChI=1S/C16H21N5S/c1-12-4-3-5-14(19-12)18-8-13-6-7-21(11-13)15-9-17-10-16(20-15)22-2/h3-5,9-10,13H,6-8,11H2,1-2H3,(H,18,19). The van der Waals surface area contributed by atoms with Crippen LogP contribution < -0.4 is 10.2 Å². The highest BCUT2D eigenvalue weighted by atomic mass is 32.2. The second kappa shape index (κ2) is 6.96. The summed E-state index contributed by atoms with van der Waals surface area (Å²) in [5.41, 5.74) is 1.04. The molecule has 0 bridgehead atoms. The summed E-state index contributed by atoms with van der Waals surface area (Å²) in [7, 11) is 0. The molecule has 1 aliphatic rings. The van der Waals surface area contributed by atoms with Gasteiger partial charge in [-0.25, -0.2) is 9.97 Å². The molecule has 5 nitrogen and oxygen atoms in total. The van der Waals surface area contributed by atoms with Gasteiger partial charge in [0.1, 0.15) is 16.7 Å². The molecule has 1 saturated heterocycles. The molecular formula is C16H21N5S. The van der Waals surface area contributed by atoms with Crippen molar-refractivity contribution in [3.63, 3.8) is 0 Å². The fraction of sp³-hybridized carbons (Fsp3) is 0.438. The molecule has 1 atom stereocenters. The van der Waals surface area contributed by atoms with Crippen molar-refractivity contribution in [3.8, 4) is 0 Å². The number of pyridine rings is 1. The van der Waals surface area contributed by atoms with Crippen molar-refractivity contribution in [2.24, 2.45) is 5.92 Å². The van der Waals surface area contributed by atoms with Crippen LogP contribution in [0.5, 0.6) is 0 Å². The number of anilines is 2. The Morgan fingerprint density at radius 2 is 2.23 bits per heavy atom. The Morgan fingerprint density at radius 1 is 1.32 bits per heavy atom. The van der Waals surface area contributed by atoms with Gasteiger partial charge in [0.25, 0.3) is 0 Å². The molecule has 0 radical (unpaired) electrons. The molecule has 1 unspecified atom stereocenters. The van der Waals surface area contributed by atoms with E-state index in [1.165, 1.54) is 6.42 Å². The summed E-state index contributed by atoms with van der Waals surface area (Å²) in [6.07, 6.45) is 6.87. The van der Waals surface area contributed by atoms with Gasteiger partial charge in [-0.05, 0) is 37.7 Å². The zero-order valence-electron chi connectivity index (χ0n) is 13.0. The summed E-state index contributed by atoms with van der Waals surface area (Å²) in [5, 5.41) is 4.42. The van der Waals surface area contributed by atoms with E-state index in [1.54, 1.807) is 11.8 Å². The van der Waals surface area contributed by atoms with Crippen molar-refractivity contribution in [2.45, 2.75) is 18.4 Å². The molecule has 22 heavy (non-hydrogen) atoms. The first kappa shape index (κ1) is 15.1. The molecule has 1 fully saturated rings.